The Morgan fingerprint density at radius 2 is 1.48 bits per heavy atom. The molecule has 2 nitrogen and oxygen atoms in total. The molecule has 33 heavy (non-hydrogen) atoms. The van der Waals surface area contributed by atoms with Crippen molar-refractivity contribution in [1.82, 2.24) is 0 Å². The number of rotatable bonds is 8. The van der Waals surface area contributed by atoms with Crippen molar-refractivity contribution in [2.45, 2.75) is 32.6 Å². The van der Waals surface area contributed by atoms with Gasteiger partial charge < -0.3 is 4.74 Å². The number of benzene rings is 3. The van der Waals surface area contributed by atoms with Crippen LogP contribution in [0.25, 0.3) is 5.57 Å². The van der Waals surface area contributed by atoms with Gasteiger partial charge in [0.15, 0.2) is 0 Å². The van der Waals surface area contributed by atoms with E-state index >= 15 is 0 Å². The molecular weight excluding hydrogens is 423 g/mol. The van der Waals surface area contributed by atoms with Crippen LogP contribution < -0.4 is 15.9 Å². The number of hydrogen-bond donors (Lipinski definition) is 0. The van der Waals surface area contributed by atoms with E-state index in [2.05, 4.69) is 84.8 Å². The average Bonchev–Trinajstić information content (AvgIpc) is 2.87. The summed E-state index contributed by atoms with van der Waals surface area (Å²) in [7, 11) is 0. The van der Waals surface area contributed by atoms with Crippen LogP contribution in [-0.4, -0.2) is 17.9 Å². The number of fused-ring (bicyclic) bond motifs is 1. The van der Waals surface area contributed by atoms with Gasteiger partial charge >= 0.3 is 5.97 Å². The van der Waals surface area contributed by atoms with Crippen molar-refractivity contribution in [3.8, 4) is 12.3 Å². The SMILES string of the molecule is C#CCCCCC1=CC(C(=O)OCC)=P(c2ccccc2)(c2ccccc2)c2ccccc21. The molecule has 1 aliphatic rings. The molecule has 0 aliphatic carbocycles. The Balaban J connectivity index is 2.09. The number of esters is 1. The molecule has 0 amide bonds. The zero-order valence-electron chi connectivity index (χ0n) is 19.0. The van der Waals surface area contributed by atoms with Crippen LogP contribution in [0.5, 0.6) is 0 Å². The molecule has 0 aromatic heterocycles. The summed E-state index contributed by atoms with van der Waals surface area (Å²) in [5, 5.41) is 4.32. The summed E-state index contributed by atoms with van der Waals surface area (Å²) in [6.45, 7) is -0.218. The second-order valence-electron chi connectivity index (χ2n) is 8.05. The largest absolute Gasteiger partial charge is 0.462 e. The summed E-state index contributed by atoms with van der Waals surface area (Å²) in [6, 6.07) is 29.5. The Labute approximate surface area is 197 Å². The van der Waals surface area contributed by atoms with Gasteiger partial charge in [0, 0.05) is 6.42 Å². The number of ether oxygens (including phenoxy) is 1. The second kappa shape index (κ2) is 10.6. The maximum Gasteiger partial charge on any atom is 0.339 e. The van der Waals surface area contributed by atoms with Crippen molar-refractivity contribution < 1.29 is 9.53 Å². The van der Waals surface area contributed by atoms with Crippen LogP contribution in [0.2, 0.25) is 0 Å². The monoisotopic (exact) mass is 452 g/mol. The first-order chi connectivity index (χ1) is 16.2. The van der Waals surface area contributed by atoms with E-state index in [4.69, 9.17) is 11.2 Å². The zero-order chi connectivity index (χ0) is 23.1. The maximum absolute atomic E-state index is 13.6. The number of allylic oxidation sites excluding steroid dienone is 1. The molecule has 0 spiro atoms. The van der Waals surface area contributed by atoms with Crippen molar-refractivity contribution in [3.63, 3.8) is 0 Å². The second-order valence-corrected chi connectivity index (χ2v) is 11.4. The molecule has 0 N–H and O–H groups in total. The third-order valence-electron chi connectivity index (χ3n) is 6.07. The molecule has 0 saturated carbocycles. The molecule has 0 saturated heterocycles. The highest BCUT2D eigenvalue weighted by Gasteiger charge is 2.37. The molecular formula is C30H29O2P. The van der Waals surface area contributed by atoms with Gasteiger partial charge in [0.1, 0.15) is 0 Å². The minimum absolute atomic E-state index is 0.228. The van der Waals surface area contributed by atoms with Crippen LogP contribution in [0.1, 0.15) is 38.2 Å². The third-order valence-corrected chi connectivity index (χ3v) is 10.4. The summed E-state index contributed by atoms with van der Waals surface area (Å²) >= 11 is 0. The lowest BCUT2D eigenvalue weighted by atomic mass is 9.98. The standard InChI is InChI=1S/C30H29O2P/c1-3-5-6-9-16-24-23-29(30(31)32-4-2)33(25-17-10-7-11-18-25,26-19-12-8-13-20-26)28-22-15-14-21-27(24)28/h1,7-8,10-15,17-23H,4-6,9,16H2,2H3. The molecule has 166 valence electrons. The van der Waals surface area contributed by atoms with E-state index in [0.29, 0.717) is 6.61 Å². The van der Waals surface area contributed by atoms with Crippen LogP contribution in [-0.2, 0) is 9.53 Å². The lowest BCUT2D eigenvalue weighted by Gasteiger charge is -2.36. The predicted molar refractivity (Wildman–Crippen MR) is 142 cm³/mol. The Bertz CT molecular complexity index is 1200. The molecule has 0 radical (unpaired) electrons. The molecule has 0 fully saturated rings. The number of carbonyl (C=O) groups excluding carboxylic acids is 1. The molecule has 0 atom stereocenters. The minimum Gasteiger partial charge on any atom is -0.462 e. The summed E-state index contributed by atoms with van der Waals surface area (Å²) in [5.41, 5.74) is 2.42. The zero-order valence-corrected chi connectivity index (χ0v) is 19.9. The normalized spacial score (nSPS) is 14.1. The van der Waals surface area contributed by atoms with Gasteiger partial charge in [0.2, 0.25) is 0 Å². The fourth-order valence-corrected chi connectivity index (χ4v) is 9.15. The lowest BCUT2D eigenvalue weighted by molar-refractivity contribution is -0.134. The smallest absolute Gasteiger partial charge is 0.339 e. The summed E-state index contributed by atoms with van der Waals surface area (Å²) in [5.74, 6) is 2.50. The van der Waals surface area contributed by atoms with Gasteiger partial charge in [-0.15, -0.1) is 12.3 Å². The van der Waals surface area contributed by atoms with E-state index in [1.807, 2.05) is 19.1 Å². The quantitative estimate of drug-likeness (QED) is 0.201. The van der Waals surface area contributed by atoms with E-state index in [1.165, 1.54) is 16.4 Å². The van der Waals surface area contributed by atoms with Crippen molar-refractivity contribution in [2.24, 2.45) is 0 Å². The fourth-order valence-electron chi connectivity index (χ4n) is 4.67. The van der Waals surface area contributed by atoms with E-state index < -0.39 is 6.89 Å². The highest BCUT2D eigenvalue weighted by molar-refractivity contribution is 7.97. The van der Waals surface area contributed by atoms with Crippen molar-refractivity contribution in [2.75, 3.05) is 6.61 Å². The first kappa shape index (κ1) is 22.9. The van der Waals surface area contributed by atoms with Crippen molar-refractivity contribution >= 4 is 39.6 Å². The Morgan fingerprint density at radius 1 is 0.879 bits per heavy atom. The van der Waals surface area contributed by atoms with Gasteiger partial charge in [-0.3, -0.25) is 0 Å². The highest BCUT2D eigenvalue weighted by Crippen LogP contribution is 2.51. The first-order valence-corrected chi connectivity index (χ1v) is 13.3. The topological polar surface area (TPSA) is 26.3 Å². The Hall–Kier alpha value is -3.27. The van der Waals surface area contributed by atoms with Gasteiger partial charge in [-0.2, -0.15) is 0 Å². The summed E-state index contributed by atoms with van der Waals surface area (Å²) < 4.78 is 5.67. The van der Waals surface area contributed by atoms with Crippen LogP contribution in [0.4, 0.5) is 0 Å². The molecule has 3 heteroatoms. The average molecular weight is 453 g/mol. The minimum atomic E-state index is -2.43. The molecule has 0 unspecified atom stereocenters. The van der Waals surface area contributed by atoms with Crippen LogP contribution in [0.3, 0.4) is 0 Å². The van der Waals surface area contributed by atoms with E-state index in [1.54, 1.807) is 0 Å². The summed E-state index contributed by atoms with van der Waals surface area (Å²) in [4.78, 5) is 13.6. The van der Waals surface area contributed by atoms with E-state index in [-0.39, 0.29) is 5.97 Å². The molecule has 3 aromatic rings. The van der Waals surface area contributed by atoms with Gasteiger partial charge in [0.05, 0.1) is 11.9 Å². The van der Waals surface area contributed by atoms with E-state index in [9.17, 15) is 4.79 Å². The first-order valence-electron chi connectivity index (χ1n) is 11.5. The van der Waals surface area contributed by atoms with E-state index in [0.717, 1.165) is 41.6 Å². The Kier molecular flexibility index (Phi) is 7.33. The fraction of sp³-hybridized carbons (Fsp3) is 0.200. The Morgan fingerprint density at radius 3 is 2.09 bits per heavy atom. The maximum atomic E-state index is 13.6. The number of carbonyl (C=O) groups is 1. The van der Waals surface area contributed by atoms with Gasteiger partial charge in [0.25, 0.3) is 0 Å². The van der Waals surface area contributed by atoms with Crippen LogP contribution in [0, 0.1) is 12.3 Å². The number of hydrogen-bond acceptors (Lipinski definition) is 2. The number of unbranched alkanes of at least 4 members (excludes halogenated alkanes) is 2. The number of terminal acetylenes is 1. The lowest BCUT2D eigenvalue weighted by Crippen LogP contribution is -2.37. The third kappa shape index (κ3) is 4.35. The van der Waals surface area contributed by atoms with Crippen molar-refractivity contribution in [3.05, 3.63) is 96.6 Å². The highest BCUT2D eigenvalue weighted by atomic mass is 31.2. The van der Waals surface area contributed by atoms with Crippen LogP contribution in [0.15, 0.2) is 91.0 Å². The van der Waals surface area contributed by atoms with Crippen molar-refractivity contribution in [1.29, 1.82) is 0 Å². The molecule has 1 heterocycles. The molecule has 4 rings (SSSR count). The van der Waals surface area contributed by atoms with Gasteiger partial charge in [-0.25, -0.2) is 4.79 Å². The predicted octanol–water partition coefficient (Wildman–Crippen LogP) is 5.31. The molecule has 0 bridgehead atoms. The van der Waals surface area contributed by atoms with Crippen LogP contribution >= 0.6 is 6.89 Å². The molecule has 1 aliphatic heterocycles. The molecule has 3 aromatic carbocycles. The van der Waals surface area contributed by atoms with Gasteiger partial charge in [-0.05, 0) is 66.2 Å². The summed E-state index contributed by atoms with van der Waals surface area (Å²) in [6.07, 6.45) is 11.2. The van der Waals surface area contributed by atoms with Gasteiger partial charge in [-0.1, -0.05) is 84.9 Å².